The van der Waals surface area contributed by atoms with Crippen molar-refractivity contribution in [2.45, 2.75) is 32.6 Å². The average molecular weight is 327 g/mol. The lowest BCUT2D eigenvalue weighted by atomic mass is 9.80. The summed E-state index contributed by atoms with van der Waals surface area (Å²) in [7, 11) is 0. The van der Waals surface area contributed by atoms with Gasteiger partial charge in [-0.15, -0.1) is 10.2 Å². The SMILES string of the molecule is Cc1ccc(NCC(=O)N=NC2=C(O)C3CCCCC3C2=O)cc1. The van der Waals surface area contributed by atoms with E-state index < -0.39 is 5.91 Å². The van der Waals surface area contributed by atoms with Gasteiger partial charge >= 0.3 is 0 Å². The summed E-state index contributed by atoms with van der Waals surface area (Å²) < 4.78 is 0. The molecule has 0 bridgehead atoms. The van der Waals surface area contributed by atoms with Gasteiger partial charge in [-0.1, -0.05) is 30.5 Å². The monoisotopic (exact) mass is 327 g/mol. The third-order valence-electron chi connectivity index (χ3n) is 4.69. The summed E-state index contributed by atoms with van der Waals surface area (Å²) in [6, 6.07) is 7.63. The molecule has 1 aromatic rings. The van der Waals surface area contributed by atoms with E-state index in [1.807, 2.05) is 31.2 Å². The zero-order valence-corrected chi connectivity index (χ0v) is 13.7. The van der Waals surface area contributed by atoms with E-state index in [2.05, 4.69) is 15.5 Å². The van der Waals surface area contributed by atoms with E-state index >= 15 is 0 Å². The van der Waals surface area contributed by atoms with Crippen LogP contribution in [-0.4, -0.2) is 23.3 Å². The van der Waals surface area contributed by atoms with Crippen LogP contribution in [0.4, 0.5) is 5.69 Å². The van der Waals surface area contributed by atoms with Gasteiger partial charge in [0.2, 0.25) is 0 Å². The summed E-state index contributed by atoms with van der Waals surface area (Å²) in [4.78, 5) is 24.1. The Morgan fingerprint density at radius 2 is 1.88 bits per heavy atom. The van der Waals surface area contributed by atoms with Crippen molar-refractivity contribution in [2.24, 2.45) is 22.1 Å². The Hall–Kier alpha value is -2.50. The normalized spacial score (nSPS) is 23.6. The van der Waals surface area contributed by atoms with Gasteiger partial charge in [0.25, 0.3) is 5.91 Å². The first-order valence-corrected chi connectivity index (χ1v) is 8.28. The molecule has 1 aromatic carbocycles. The lowest BCUT2D eigenvalue weighted by molar-refractivity contribution is -0.120. The number of hydrogen-bond donors (Lipinski definition) is 2. The van der Waals surface area contributed by atoms with E-state index in [0.29, 0.717) is 0 Å². The summed E-state index contributed by atoms with van der Waals surface area (Å²) in [6.45, 7) is 1.97. The molecule has 0 spiro atoms. The number of azo groups is 1. The minimum atomic E-state index is -0.487. The van der Waals surface area contributed by atoms with Crippen molar-refractivity contribution in [3.8, 4) is 0 Å². The van der Waals surface area contributed by atoms with Crippen molar-refractivity contribution in [1.29, 1.82) is 0 Å². The number of aliphatic hydroxyl groups is 1. The molecule has 6 nitrogen and oxygen atoms in total. The molecule has 2 unspecified atom stereocenters. The molecule has 2 atom stereocenters. The fourth-order valence-electron chi connectivity index (χ4n) is 3.34. The highest BCUT2D eigenvalue weighted by molar-refractivity contribution is 6.00. The quantitative estimate of drug-likeness (QED) is 0.827. The number of allylic oxidation sites excluding steroid dienone is 2. The van der Waals surface area contributed by atoms with Crippen molar-refractivity contribution in [3.63, 3.8) is 0 Å². The van der Waals surface area contributed by atoms with Crippen LogP contribution in [0.2, 0.25) is 0 Å². The molecule has 0 radical (unpaired) electrons. The predicted octanol–water partition coefficient (Wildman–Crippen LogP) is 3.54. The Morgan fingerprint density at radius 1 is 1.21 bits per heavy atom. The molecule has 1 saturated carbocycles. The molecule has 126 valence electrons. The Labute approximate surface area is 140 Å². The van der Waals surface area contributed by atoms with Crippen LogP contribution in [0.25, 0.3) is 0 Å². The van der Waals surface area contributed by atoms with Crippen molar-refractivity contribution in [2.75, 3.05) is 11.9 Å². The molecule has 24 heavy (non-hydrogen) atoms. The summed E-state index contributed by atoms with van der Waals surface area (Å²) in [5.74, 6) is -0.985. The van der Waals surface area contributed by atoms with Gasteiger partial charge in [-0.2, -0.15) is 0 Å². The van der Waals surface area contributed by atoms with Crippen LogP contribution in [0.1, 0.15) is 31.2 Å². The van der Waals surface area contributed by atoms with Crippen LogP contribution in [0.5, 0.6) is 0 Å². The topological polar surface area (TPSA) is 91.1 Å². The van der Waals surface area contributed by atoms with Gasteiger partial charge in [0.05, 0.1) is 6.54 Å². The van der Waals surface area contributed by atoms with E-state index in [1.165, 1.54) is 0 Å². The van der Waals surface area contributed by atoms with E-state index in [-0.39, 0.29) is 35.6 Å². The number of nitrogens with one attached hydrogen (secondary N) is 1. The van der Waals surface area contributed by atoms with Gasteiger partial charge in [-0.3, -0.25) is 9.59 Å². The maximum atomic E-state index is 12.3. The summed E-state index contributed by atoms with van der Waals surface area (Å²) in [6.07, 6.45) is 3.56. The number of carbonyl (C=O) groups is 2. The summed E-state index contributed by atoms with van der Waals surface area (Å²) in [5, 5.41) is 20.5. The first-order chi connectivity index (χ1) is 11.6. The second kappa shape index (κ2) is 6.95. The highest BCUT2D eigenvalue weighted by Crippen LogP contribution is 2.42. The number of fused-ring (bicyclic) bond motifs is 1. The summed E-state index contributed by atoms with van der Waals surface area (Å²) in [5.41, 5.74) is 1.92. The van der Waals surface area contributed by atoms with Crippen LogP contribution in [-0.2, 0) is 9.59 Å². The molecule has 0 heterocycles. The first-order valence-electron chi connectivity index (χ1n) is 8.28. The fourth-order valence-corrected chi connectivity index (χ4v) is 3.34. The van der Waals surface area contributed by atoms with Crippen LogP contribution in [0.15, 0.2) is 46.0 Å². The molecule has 2 aliphatic rings. The maximum absolute atomic E-state index is 12.3. The lowest BCUT2D eigenvalue weighted by Gasteiger charge is -2.23. The van der Waals surface area contributed by atoms with Crippen molar-refractivity contribution < 1.29 is 14.7 Å². The van der Waals surface area contributed by atoms with Gasteiger partial charge in [0.15, 0.2) is 11.5 Å². The zero-order valence-electron chi connectivity index (χ0n) is 13.7. The number of ketones is 1. The predicted molar refractivity (Wildman–Crippen MR) is 89.6 cm³/mol. The number of amides is 1. The van der Waals surface area contributed by atoms with Crippen molar-refractivity contribution >= 4 is 17.4 Å². The number of rotatable bonds is 4. The third-order valence-corrected chi connectivity index (χ3v) is 4.69. The largest absolute Gasteiger partial charge is 0.510 e. The number of Topliss-reactive ketones (excluding diaryl/α,β-unsaturated/α-hetero) is 1. The Kier molecular flexibility index (Phi) is 4.74. The van der Waals surface area contributed by atoms with E-state index in [1.54, 1.807) is 0 Å². The Morgan fingerprint density at radius 3 is 2.54 bits per heavy atom. The molecule has 2 N–H and O–H groups in total. The fraction of sp³-hybridized carbons (Fsp3) is 0.444. The number of hydrogen-bond acceptors (Lipinski definition) is 5. The molecule has 1 amide bonds. The molecular formula is C18H21N3O3. The molecule has 1 fully saturated rings. The van der Waals surface area contributed by atoms with Gasteiger partial charge in [0.1, 0.15) is 5.76 Å². The lowest BCUT2D eigenvalue weighted by Crippen LogP contribution is -2.21. The molecule has 6 heteroatoms. The van der Waals surface area contributed by atoms with Gasteiger partial charge in [-0.05, 0) is 31.9 Å². The van der Waals surface area contributed by atoms with Crippen LogP contribution < -0.4 is 5.32 Å². The second-order valence-corrected chi connectivity index (χ2v) is 6.41. The summed E-state index contributed by atoms with van der Waals surface area (Å²) >= 11 is 0. The number of nitrogens with zero attached hydrogens (tertiary/aromatic N) is 2. The number of carbonyl (C=O) groups excluding carboxylic acids is 2. The van der Waals surface area contributed by atoms with Crippen LogP contribution >= 0.6 is 0 Å². The number of aryl methyl sites for hydroxylation is 1. The highest BCUT2D eigenvalue weighted by atomic mass is 16.3. The zero-order chi connectivity index (χ0) is 17.1. The number of anilines is 1. The molecule has 0 aromatic heterocycles. The van der Waals surface area contributed by atoms with Crippen LogP contribution in [0, 0.1) is 18.8 Å². The van der Waals surface area contributed by atoms with Crippen LogP contribution in [0.3, 0.4) is 0 Å². The van der Waals surface area contributed by atoms with E-state index in [4.69, 9.17) is 0 Å². The maximum Gasteiger partial charge on any atom is 0.283 e. The second-order valence-electron chi connectivity index (χ2n) is 6.41. The van der Waals surface area contributed by atoms with Gasteiger partial charge < -0.3 is 10.4 Å². The number of aliphatic hydroxyl groups excluding tert-OH is 1. The Balaban J connectivity index is 1.60. The first kappa shape index (κ1) is 16.4. The molecular weight excluding hydrogens is 306 g/mol. The third kappa shape index (κ3) is 3.37. The van der Waals surface area contributed by atoms with E-state index in [0.717, 1.165) is 36.9 Å². The highest BCUT2D eigenvalue weighted by Gasteiger charge is 2.43. The molecule has 0 aliphatic heterocycles. The molecule has 2 aliphatic carbocycles. The smallest absolute Gasteiger partial charge is 0.283 e. The van der Waals surface area contributed by atoms with Gasteiger partial charge in [-0.25, -0.2) is 0 Å². The van der Waals surface area contributed by atoms with Gasteiger partial charge in [0, 0.05) is 17.5 Å². The Bertz CT molecular complexity index is 707. The molecule has 3 rings (SSSR count). The van der Waals surface area contributed by atoms with Crippen molar-refractivity contribution in [3.05, 3.63) is 41.3 Å². The minimum Gasteiger partial charge on any atom is -0.510 e. The van der Waals surface area contributed by atoms with E-state index in [9.17, 15) is 14.7 Å². The average Bonchev–Trinajstić information content (AvgIpc) is 2.84. The van der Waals surface area contributed by atoms with Crippen molar-refractivity contribution in [1.82, 2.24) is 0 Å². The number of benzene rings is 1. The minimum absolute atomic E-state index is 0.00717. The molecule has 0 saturated heterocycles. The standard InChI is InChI=1S/C18H21N3O3/c1-11-6-8-12(9-7-11)19-10-15(22)20-21-16-17(23)13-4-2-3-5-14(13)18(16)24/h6-9,13-14,19,23H,2-5,10H2,1H3.